The summed E-state index contributed by atoms with van der Waals surface area (Å²) in [6, 6.07) is 18.5. The van der Waals surface area contributed by atoms with Crippen LogP contribution in [0.4, 0.5) is 0 Å². The van der Waals surface area contributed by atoms with E-state index >= 15 is 0 Å². The molecule has 0 N–H and O–H groups in total. The van der Waals surface area contributed by atoms with E-state index in [-0.39, 0.29) is 5.41 Å². The number of halogens is 1. The van der Waals surface area contributed by atoms with Crippen molar-refractivity contribution in [3.8, 4) is 22.5 Å². The molecule has 0 amide bonds. The number of fused-ring (bicyclic) bond motifs is 5. The average molecular weight is 691 g/mol. The highest BCUT2D eigenvalue weighted by atomic mass is 79.9. The predicted molar refractivity (Wildman–Crippen MR) is 196 cm³/mol. The lowest BCUT2D eigenvalue weighted by Gasteiger charge is -2.33. The number of hydrogen-bond acceptors (Lipinski definition) is 5. The van der Waals surface area contributed by atoms with Crippen molar-refractivity contribution in [2.24, 2.45) is 0 Å². The van der Waals surface area contributed by atoms with E-state index in [9.17, 15) is 0 Å². The maximum absolute atomic E-state index is 5.13. The van der Waals surface area contributed by atoms with Gasteiger partial charge in [-0.2, -0.15) is 4.98 Å². The normalized spacial score (nSPS) is 13.7. The first-order chi connectivity index (χ1) is 21.3. The highest BCUT2D eigenvalue weighted by Gasteiger charge is 2.43. The van der Waals surface area contributed by atoms with Gasteiger partial charge in [-0.25, -0.2) is 9.97 Å². The second kappa shape index (κ2) is 15.1. The van der Waals surface area contributed by atoms with Crippen LogP contribution in [0.25, 0.3) is 33.3 Å². The van der Waals surface area contributed by atoms with Gasteiger partial charge in [0.15, 0.2) is 16.1 Å². The molecular formula is C38H48BrN3S2. The molecule has 0 fully saturated rings. The molecule has 3 nitrogen and oxygen atoms in total. The highest BCUT2D eigenvalue weighted by molar-refractivity contribution is 9.10. The van der Waals surface area contributed by atoms with E-state index in [0.29, 0.717) is 10.5 Å². The molecule has 234 valence electrons. The monoisotopic (exact) mass is 689 g/mol. The van der Waals surface area contributed by atoms with Gasteiger partial charge in [-0.15, -0.1) is 0 Å². The molecule has 1 aromatic heterocycles. The summed E-state index contributed by atoms with van der Waals surface area (Å²) in [5.74, 6) is 0.799. The van der Waals surface area contributed by atoms with Crippen molar-refractivity contribution in [1.29, 1.82) is 0 Å². The Labute approximate surface area is 282 Å². The van der Waals surface area contributed by atoms with Crippen LogP contribution in [0, 0.1) is 0 Å². The molecule has 5 rings (SSSR count). The van der Waals surface area contributed by atoms with E-state index in [0.717, 1.165) is 21.7 Å². The molecule has 3 aromatic carbocycles. The minimum Gasteiger partial charge on any atom is -0.202 e. The molecular weight excluding hydrogens is 642 g/mol. The average Bonchev–Trinajstić information content (AvgIpc) is 3.25. The van der Waals surface area contributed by atoms with E-state index in [4.69, 9.17) is 15.0 Å². The van der Waals surface area contributed by atoms with Crippen molar-refractivity contribution in [2.75, 3.05) is 0 Å². The van der Waals surface area contributed by atoms with Gasteiger partial charge in [0.25, 0.3) is 0 Å². The fraction of sp³-hybridized carbons (Fsp3) is 0.500. The third kappa shape index (κ3) is 7.23. The van der Waals surface area contributed by atoms with Crippen molar-refractivity contribution < 1.29 is 0 Å². The topological polar surface area (TPSA) is 38.7 Å². The summed E-state index contributed by atoms with van der Waals surface area (Å²) in [5, 5.41) is 4.95. The second-order valence-electron chi connectivity index (χ2n) is 12.8. The van der Waals surface area contributed by atoms with Gasteiger partial charge in [0, 0.05) is 26.0 Å². The molecule has 1 aliphatic rings. The molecule has 0 unspecified atom stereocenters. The standard InChI is InChI=1S/C38H48BrN3S2/c1-7-9-11-15-21-38(22-16-12-10-8-2)32-23-27(39)19-20-30(32)34-29-18-14-13-17-28(29)31(24-33(34)38)35-40-36(43-25(3)4)42-37(41-35)44-26(5)6/h13-14,17-20,23-26H,7-12,15-16,21-22H2,1-6H3. The zero-order chi connectivity index (χ0) is 31.3. The second-order valence-corrected chi connectivity index (χ2v) is 16.8. The zero-order valence-corrected chi connectivity index (χ0v) is 30.6. The Morgan fingerprint density at radius 1 is 0.659 bits per heavy atom. The van der Waals surface area contributed by atoms with E-state index < -0.39 is 0 Å². The van der Waals surface area contributed by atoms with Gasteiger partial charge < -0.3 is 0 Å². The molecule has 4 aromatic rings. The summed E-state index contributed by atoms with van der Waals surface area (Å²) in [6.45, 7) is 13.4. The van der Waals surface area contributed by atoms with Crippen molar-refractivity contribution >= 4 is 50.2 Å². The molecule has 44 heavy (non-hydrogen) atoms. The first-order valence-electron chi connectivity index (χ1n) is 16.7. The minimum atomic E-state index is -0.0211. The Morgan fingerprint density at radius 3 is 1.82 bits per heavy atom. The molecule has 0 bridgehead atoms. The van der Waals surface area contributed by atoms with Crippen LogP contribution in [0.3, 0.4) is 0 Å². The van der Waals surface area contributed by atoms with Gasteiger partial charge >= 0.3 is 0 Å². The number of thioether (sulfide) groups is 2. The van der Waals surface area contributed by atoms with Crippen molar-refractivity contribution in [3.05, 3.63) is 64.1 Å². The van der Waals surface area contributed by atoms with Crippen LogP contribution in [0.2, 0.25) is 0 Å². The number of nitrogens with zero attached hydrogens (tertiary/aromatic N) is 3. The van der Waals surface area contributed by atoms with E-state index in [1.807, 2.05) is 0 Å². The molecule has 0 spiro atoms. The fourth-order valence-corrected chi connectivity index (χ4v) is 8.68. The lowest BCUT2D eigenvalue weighted by atomic mass is 9.70. The molecule has 0 saturated carbocycles. The first kappa shape index (κ1) is 33.5. The van der Waals surface area contributed by atoms with Gasteiger partial charge in [0.05, 0.1) is 0 Å². The molecule has 0 atom stereocenters. The summed E-state index contributed by atoms with van der Waals surface area (Å²) in [7, 11) is 0. The van der Waals surface area contributed by atoms with E-state index in [1.165, 1.54) is 102 Å². The van der Waals surface area contributed by atoms with Crippen molar-refractivity contribution in [2.45, 2.75) is 132 Å². The maximum Gasteiger partial charge on any atom is 0.192 e. The molecule has 1 heterocycles. The van der Waals surface area contributed by atoms with Gasteiger partial charge in [-0.3, -0.25) is 0 Å². The van der Waals surface area contributed by atoms with Crippen LogP contribution in [0.5, 0.6) is 0 Å². The third-order valence-electron chi connectivity index (χ3n) is 8.76. The smallest absolute Gasteiger partial charge is 0.192 e. The van der Waals surface area contributed by atoms with Gasteiger partial charge in [-0.05, 0) is 64.1 Å². The molecule has 0 aliphatic heterocycles. The quantitative estimate of drug-likeness (QED) is 0.0917. The Balaban J connectivity index is 1.77. The van der Waals surface area contributed by atoms with Crippen LogP contribution in [0.1, 0.15) is 117 Å². The maximum atomic E-state index is 5.13. The Hall–Kier alpha value is -1.89. The highest BCUT2D eigenvalue weighted by Crippen LogP contribution is 2.57. The number of unbranched alkanes of at least 4 members (excludes halogenated alkanes) is 6. The van der Waals surface area contributed by atoms with Gasteiger partial charge in [0.2, 0.25) is 0 Å². The van der Waals surface area contributed by atoms with E-state index in [1.54, 1.807) is 23.5 Å². The van der Waals surface area contributed by atoms with E-state index in [2.05, 4.69) is 106 Å². The molecule has 0 radical (unpaired) electrons. The summed E-state index contributed by atoms with van der Waals surface area (Å²) < 4.78 is 1.17. The predicted octanol–water partition coefficient (Wildman–Crippen LogP) is 12.7. The van der Waals surface area contributed by atoms with Crippen LogP contribution in [-0.4, -0.2) is 25.5 Å². The van der Waals surface area contributed by atoms with Crippen molar-refractivity contribution in [1.82, 2.24) is 15.0 Å². The Bertz CT molecular complexity index is 1540. The van der Waals surface area contributed by atoms with Crippen LogP contribution >= 0.6 is 39.5 Å². The van der Waals surface area contributed by atoms with Gasteiger partial charge in [0.1, 0.15) is 0 Å². The summed E-state index contributed by atoms with van der Waals surface area (Å²) >= 11 is 7.31. The fourth-order valence-electron chi connectivity index (χ4n) is 6.86. The Kier molecular flexibility index (Phi) is 11.5. The summed E-state index contributed by atoms with van der Waals surface area (Å²) in [6.07, 6.45) is 12.5. The number of hydrogen-bond donors (Lipinski definition) is 0. The first-order valence-corrected chi connectivity index (χ1v) is 19.3. The zero-order valence-electron chi connectivity index (χ0n) is 27.4. The molecule has 0 saturated heterocycles. The van der Waals surface area contributed by atoms with Crippen LogP contribution in [0.15, 0.2) is 63.3 Å². The summed E-state index contributed by atoms with van der Waals surface area (Å²) in [4.78, 5) is 15.1. The van der Waals surface area contributed by atoms with Crippen LogP contribution in [-0.2, 0) is 5.41 Å². The molecule has 1 aliphatic carbocycles. The SMILES string of the molecule is CCCCCCC1(CCCCCC)c2cc(Br)ccc2-c2c1cc(-c1nc(SC(C)C)nc(SC(C)C)n1)c1ccccc21. The molecule has 6 heteroatoms. The Morgan fingerprint density at radius 2 is 1.25 bits per heavy atom. The number of rotatable bonds is 15. The lowest BCUT2D eigenvalue weighted by molar-refractivity contribution is 0.401. The number of aromatic nitrogens is 3. The largest absolute Gasteiger partial charge is 0.202 e. The number of benzene rings is 3. The van der Waals surface area contributed by atoms with Gasteiger partial charge in [-0.1, -0.05) is 163 Å². The van der Waals surface area contributed by atoms with Crippen LogP contribution < -0.4 is 0 Å². The lowest BCUT2D eigenvalue weighted by Crippen LogP contribution is -2.25. The van der Waals surface area contributed by atoms with Crippen molar-refractivity contribution in [3.63, 3.8) is 0 Å². The minimum absolute atomic E-state index is 0.0211. The summed E-state index contributed by atoms with van der Waals surface area (Å²) in [5.41, 5.74) is 6.91. The third-order valence-corrected chi connectivity index (χ3v) is 11.0.